The van der Waals surface area contributed by atoms with Crippen molar-refractivity contribution in [3.05, 3.63) is 22.4 Å². The van der Waals surface area contributed by atoms with E-state index in [4.69, 9.17) is 5.73 Å². The van der Waals surface area contributed by atoms with Crippen LogP contribution >= 0.6 is 11.3 Å². The monoisotopic (exact) mass is 196 g/mol. The lowest BCUT2D eigenvalue weighted by molar-refractivity contribution is 0.288. The SMILES string of the molecule is CC1CC(c2cccs2)NCC1N. The van der Waals surface area contributed by atoms with E-state index in [1.807, 2.05) is 11.3 Å². The van der Waals surface area contributed by atoms with Crippen LogP contribution in [0.5, 0.6) is 0 Å². The van der Waals surface area contributed by atoms with Gasteiger partial charge < -0.3 is 11.1 Å². The van der Waals surface area contributed by atoms with Gasteiger partial charge in [0.1, 0.15) is 0 Å². The van der Waals surface area contributed by atoms with Crippen molar-refractivity contribution in [2.45, 2.75) is 25.4 Å². The molecule has 2 heterocycles. The van der Waals surface area contributed by atoms with Crippen molar-refractivity contribution < 1.29 is 0 Å². The number of piperidine rings is 1. The maximum absolute atomic E-state index is 5.93. The molecule has 1 saturated heterocycles. The maximum atomic E-state index is 5.93. The molecule has 0 spiro atoms. The summed E-state index contributed by atoms with van der Waals surface area (Å²) >= 11 is 1.83. The second-order valence-electron chi connectivity index (χ2n) is 3.85. The zero-order chi connectivity index (χ0) is 9.26. The van der Waals surface area contributed by atoms with E-state index in [2.05, 4.69) is 29.8 Å². The van der Waals surface area contributed by atoms with E-state index >= 15 is 0 Å². The lowest BCUT2D eigenvalue weighted by Crippen LogP contribution is -2.46. The second-order valence-corrected chi connectivity index (χ2v) is 4.83. The molecular weight excluding hydrogens is 180 g/mol. The normalized spacial score (nSPS) is 34.8. The van der Waals surface area contributed by atoms with Crippen molar-refractivity contribution in [3.8, 4) is 0 Å². The van der Waals surface area contributed by atoms with Gasteiger partial charge in [-0.3, -0.25) is 0 Å². The van der Waals surface area contributed by atoms with Gasteiger partial charge in [0.05, 0.1) is 0 Å². The lowest BCUT2D eigenvalue weighted by Gasteiger charge is -2.32. The molecule has 1 aromatic rings. The van der Waals surface area contributed by atoms with Gasteiger partial charge in [-0.25, -0.2) is 0 Å². The Kier molecular flexibility index (Phi) is 2.67. The van der Waals surface area contributed by atoms with Gasteiger partial charge in [-0.2, -0.15) is 0 Å². The summed E-state index contributed by atoms with van der Waals surface area (Å²) in [5, 5.41) is 5.62. The Labute approximate surface area is 83.1 Å². The van der Waals surface area contributed by atoms with Crippen LogP contribution in [-0.2, 0) is 0 Å². The van der Waals surface area contributed by atoms with Crippen LogP contribution in [0.2, 0.25) is 0 Å². The van der Waals surface area contributed by atoms with Crippen LogP contribution in [0.3, 0.4) is 0 Å². The third kappa shape index (κ3) is 1.93. The van der Waals surface area contributed by atoms with E-state index in [1.165, 1.54) is 11.3 Å². The molecule has 0 aliphatic carbocycles. The molecule has 3 N–H and O–H groups in total. The highest BCUT2D eigenvalue weighted by Gasteiger charge is 2.25. The highest BCUT2D eigenvalue weighted by Crippen LogP contribution is 2.28. The molecule has 0 aromatic carbocycles. The molecule has 2 rings (SSSR count). The second kappa shape index (κ2) is 3.78. The minimum absolute atomic E-state index is 0.330. The van der Waals surface area contributed by atoms with E-state index in [-0.39, 0.29) is 0 Å². The van der Waals surface area contributed by atoms with Crippen LogP contribution in [0.1, 0.15) is 24.3 Å². The van der Waals surface area contributed by atoms with Gasteiger partial charge in [-0.1, -0.05) is 13.0 Å². The largest absolute Gasteiger partial charge is 0.326 e. The Morgan fingerprint density at radius 3 is 3.08 bits per heavy atom. The molecule has 0 saturated carbocycles. The smallest absolute Gasteiger partial charge is 0.0418 e. The molecule has 0 radical (unpaired) electrons. The van der Waals surface area contributed by atoms with Gasteiger partial charge in [-0.05, 0) is 23.8 Å². The van der Waals surface area contributed by atoms with Crippen molar-refractivity contribution in [1.29, 1.82) is 0 Å². The fourth-order valence-electron chi connectivity index (χ4n) is 1.82. The summed E-state index contributed by atoms with van der Waals surface area (Å²) in [7, 11) is 0. The van der Waals surface area contributed by atoms with E-state index in [0.717, 1.165) is 6.54 Å². The molecule has 0 bridgehead atoms. The van der Waals surface area contributed by atoms with Crippen LogP contribution in [-0.4, -0.2) is 12.6 Å². The third-order valence-corrected chi connectivity index (χ3v) is 3.81. The molecule has 3 atom stereocenters. The summed E-state index contributed by atoms with van der Waals surface area (Å²) in [6, 6.07) is 5.18. The zero-order valence-electron chi connectivity index (χ0n) is 7.86. The minimum atomic E-state index is 0.330. The number of nitrogens with one attached hydrogen (secondary N) is 1. The summed E-state index contributed by atoms with van der Waals surface area (Å²) in [6.07, 6.45) is 1.17. The molecule has 1 fully saturated rings. The van der Waals surface area contributed by atoms with Crippen molar-refractivity contribution >= 4 is 11.3 Å². The molecule has 1 aromatic heterocycles. The van der Waals surface area contributed by atoms with Crippen molar-refractivity contribution in [2.75, 3.05) is 6.54 Å². The van der Waals surface area contributed by atoms with Crippen molar-refractivity contribution in [2.24, 2.45) is 11.7 Å². The van der Waals surface area contributed by atoms with Gasteiger partial charge in [0.15, 0.2) is 0 Å². The van der Waals surface area contributed by atoms with Crippen LogP contribution in [0, 0.1) is 5.92 Å². The molecule has 3 heteroatoms. The van der Waals surface area contributed by atoms with E-state index < -0.39 is 0 Å². The number of rotatable bonds is 1. The first-order valence-electron chi connectivity index (χ1n) is 4.79. The van der Waals surface area contributed by atoms with Gasteiger partial charge >= 0.3 is 0 Å². The first kappa shape index (κ1) is 9.19. The predicted octanol–water partition coefficient (Wildman–Crippen LogP) is 1.75. The minimum Gasteiger partial charge on any atom is -0.326 e. The van der Waals surface area contributed by atoms with Gasteiger partial charge in [0.25, 0.3) is 0 Å². The average Bonchev–Trinajstić information content (AvgIpc) is 2.62. The number of hydrogen-bond acceptors (Lipinski definition) is 3. The first-order chi connectivity index (χ1) is 6.27. The summed E-state index contributed by atoms with van der Waals surface area (Å²) in [4.78, 5) is 1.44. The maximum Gasteiger partial charge on any atom is 0.0418 e. The molecule has 72 valence electrons. The molecular formula is C10H16N2S. The van der Waals surface area contributed by atoms with Crippen LogP contribution in [0.15, 0.2) is 17.5 Å². The predicted molar refractivity (Wildman–Crippen MR) is 56.8 cm³/mol. The van der Waals surface area contributed by atoms with Crippen molar-refractivity contribution in [1.82, 2.24) is 5.32 Å². The van der Waals surface area contributed by atoms with Gasteiger partial charge in [0.2, 0.25) is 0 Å². The molecule has 1 aliphatic rings. The molecule has 1 aliphatic heterocycles. The Hall–Kier alpha value is -0.380. The fourth-order valence-corrected chi connectivity index (χ4v) is 2.63. The highest BCUT2D eigenvalue weighted by molar-refractivity contribution is 7.10. The highest BCUT2D eigenvalue weighted by atomic mass is 32.1. The molecule has 2 nitrogen and oxygen atoms in total. The number of hydrogen-bond donors (Lipinski definition) is 2. The van der Waals surface area contributed by atoms with Crippen LogP contribution in [0.25, 0.3) is 0 Å². The summed E-state index contributed by atoms with van der Waals surface area (Å²) in [5.74, 6) is 0.633. The summed E-state index contributed by atoms with van der Waals surface area (Å²) in [6.45, 7) is 3.19. The topological polar surface area (TPSA) is 38.0 Å². The molecule has 3 unspecified atom stereocenters. The fraction of sp³-hybridized carbons (Fsp3) is 0.600. The first-order valence-corrected chi connectivity index (χ1v) is 5.67. The Morgan fingerprint density at radius 2 is 2.46 bits per heavy atom. The van der Waals surface area contributed by atoms with Crippen LogP contribution in [0.4, 0.5) is 0 Å². The van der Waals surface area contributed by atoms with E-state index in [1.54, 1.807) is 0 Å². The third-order valence-electron chi connectivity index (χ3n) is 2.82. The van der Waals surface area contributed by atoms with Gasteiger partial charge in [-0.15, -0.1) is 11.3 Å². The van der Waals surface area contributed by atoms with E-state index in [9.17, 15) is 0 Å². The van der Waals surface area contributed by atoms with Crippen molar-refractivity contribution in [3.63, 3.8) is 0 Å². The standard InChI is InChI=1S/C10H16N2S/c1-7-5-9(12-6-8(7)11)10-3-2-4-13-10/h2-4,7-9,12H,5-6,11H2,1H3. The van der Waals surface area contributed by atoms with Gasteiger partial charge in [0, 0.05) is 23.5 Å². The number of thiophene rings is 1. The summed E-state index contributed by atoms with van der Waals surface area (Å²) in [5.41, 5.74) is 5.93. The van der Waals surface area contributed by atoms with E-state index in [0.29, 0.717) is 18.0 Å². The van der Waals surface area contributed by atoms with Crippen LogP contribution < -0.4 is 11.1 Å². The Bertz CT molecular complexity index is 258. The summed E-state index contributed by atoms with van der Waals surface area (Å²) < 4.78 is 0. The average molecular weight is 196 g/mol. The Morgan fingerprint density at radius 1 is 1.62 bits per heavy atom. The zero-order valence-corrected chi connectivity index (χ0v) is 8.68. The molecule has 0 amide bonds. The number of nitrogens with two attached hydrogens (primary N) is 1. The quantitative estimate of drug-likeness (QED) is 0.718. The lowest BCUT2D eigenvalue weighted by atomic mass is 9.90. The Balaban J connectivity index is 2.03. The molecule has 13 heavy (non-hydrogen) atoms.